The first-order chi connectivity index (χ1) is 15.7. The molecule has 3 aromatic rings. The number of hydrogen-bond acceptors (Lipinski definition) is 0. The van der Waals surface area contributed by atoms with E-state index < -0.39 is 0 Å². The number of rotatable bonds is 6. The van der Waals surface area contributed by atoms with Crippen LogP contribution in [0.4, 0.5) is 4.39 Å². The third-order valence-corrected chi connectivity index (χ3v) is 7.24. The molecule has 32 heavy (non-hydrogen) atoms. The molecule has 0 saturated heterocycles. The lowest BCUT2D eigenvalue weighted by Crippen LogP contribution is -2.14. The van der Waals surface area contributed by atoms with Crippen LogP contribution in [0.25, 0.3) is 10.8 Å². The Morgan fingerprint density at radius 1 is 0.781 bits per heavy atom. The topological polar surface area (TPSA) is 0 Å². The van der Waals surface area contributed by atoms with Crippen molar-refractivity contribution >= 4 is 10.8 Å². The van der Waals surface area contributed by atoms with Gasteiger partial charge in [-0.2, -0.15) is 0 Å². The van der Waals surface area contributed by atoms with E-state index in [0.29, 0.717) is 10.9 Å². The van der Waals surface area contributed by atoms with Gasteiger partial charge in [-0.15, -0.1) is 0 Å². The van der Waals surface area contributed by atoms with Gasteiger partial charge < -0.3 is 0 Å². The third kappa shape index (κ3) is 5.60. The molecule has 1 aliphatic rings. The minimum atomic E-state index is -0.215. The van der Waals surface area contributed by atoms with Crippen LogP contribution in [0.5, 0.6) is 0 Å². The molecule has 1 fully saturated rings. The van der Waals surface area contributed by atoms with E-state index >= 15 is 0 Å². The van der Waals surface area contributed by atoms with E-state index in [2.05, 4.69) is 56.0 Å². The number of benzene rings is 3. The smallest absolute Gasteiger partial charge is 0.146 e. The molecule has 0 atom stereocenters. The predicted octanol–water partition coefficient (Wildman–Crippen LogP) is 8.48. The molecule has 0 unspecified atom stereocenters. The number of aryl methyl sites for hydroxylation is 2. The van der Waals surface area contributed by atoms with Gasteiger partial charge in [0, 0.05) is 10.9 Å². The van der Waals surface area contributed by atoms with Crippen LogP contribution in [0, 0.1) is 29.5 Å². The molecular formula is C31H35F. The SMILES string of the molecule is CCCc1ccc2c(F)c(C#Cc3ccc(CCC4CCC(CC)CC4)cc3)ccc2c1. The van der Waals surface area contributed by atoms with Crippen molar-refractivity contribution in [2.75, 3.05) is 0 Å². The van der Waals surface area contributed by atoms with E-state index in [9.17, 15) is 4.39 Å². The van der Waals surface area contributed by atoms with E-state index in [-0.39, 0.29) is 5.82 Å². The monoisotopic (exact) mass is 426 g/mol. The van der Waals surface area contributed by atoms with Crippen LogP contribution in [-0.2, 0) is 12.8 Å². The summed E-state index contributed by atoms with van der Waals surface area (Å²) < 4.78 is 15.0. The molecule has 0 N–H and O–H groups in total. The molecule has 0 heterocycles. The highest BCUT2D eigenvalue weighted by Crippen LogP contribution is 2.33. The first kappa shape index (κ1) is 22.6. The summed E-state index contributed by atoms with van der Waals surface area (Å²) in [6.45, 7) is 4.49. The van der Waals surface area contributed by atoms with Gasteiger partial charge in [-0.3, -0.25) is 0 Å². The first-order valence-corrected chi connectivity index (χ1v) is 12.5. The number of fused-ring (bicyclic) bond motifs is 1. The fourth-order valence-corrected chi connectivity index (χ4v) is 5.08. The van der Waals surface area contributed by atoms with Crippen molar-refractivity contribution in [3.8, 4) is 11.8 Å². The van der Waals surface area contributed by atoms with Gasteiger partial charge in [-0.05, 0) is 65.8 Å². The zero-order chi connectivity index (χ0) is 22.3. The Labute approximate surface area is 193 Å². The van der Waals surface area contributed by atoms with Crippen LogP contribution in [0.1, 0.15) is 81.0 Å². The summed E-state index contributed by atoms with van der Waals surface area (Å²) in [7, 11) is 0. The van der Waals surface area contributed by atoms with Gasteiger partial charge in [-0.1, -0.05) is 101 Å². The van der Waals surface area contributed by atoms with E-state index in [1.54, 1.807) is 0 Å². The van der Waals surface area contributed by atoms with Crippen LogP contribution < -0.4 is 0 Å². The number of halogens is 1. The lowest BCUT2D eigenvalue weighted by Gasteiger charge is -2.27. The average molecular weight is 427 g/mol. The van der Waals surface area contributed by atoms with Crippen molar-refractivity contribution in [3.63, 3.8) is 0 Å². The molecule has 0 aliphatic heterocycles. The Hall–Kier alpha value is -2.59. The zero-order valence-electron chi connectivity index (χ0n) is 19.6. The molecular weight excluding hydrogens is 391 g/mol. The molecule has 1 heteroatoms. The average Bonchev–Trinajstić information content (AvgIpc) is 2.83. The molecule has 0 spiro atoms. The third-order valence-electron chi connectivity index (χ3n) is 7.24. The van der Waals surface area contributed by atoms with Crippen molar-refractivity contribution in [1.82, 2.24) is 0 Å². The van der Waals surface area contributed by atoms with Crippen molar-refractivity contribution in [2.45, 2.75) is 71.6 Å². The van der Waals surface area contributed by atoms with Crippen LogP contribution >= 0.6 is 0 Å². The molecule has 0 amide bonds. The van der Waals surface area contributed by atoms with E-state index in [1.165, 1.54) is 49.7 Å². The van der Waals surface area contributed by atoms with Gasteiger partial charge in [0.1, 0.15) is 5.82 Å². The maximum absolute atomic E-state index is 15.0. The Morgan fingerprint density at radius 2 is 1.50 bits per heavy atom. The summed E-state index contributed by atoms with van der Waals surface area (Å²) in [5.74, 6) is 7.85. The molecule has 4 rings (SSSR count). The second-order valence-electron chi connectivity index (χ2n) is 9.51. The van der Waals surface area contributed by atoms with Crippen LogP contribution in [-0.4, -0.2) is 0 Å². The Bertz CT molecular complexity index is 1090. The summed E-state index contributed by atoms with van der Waals surface area (Å²) >= 11 is 0. The first-order valence-electron chi connectivity index (χ1n) is 12.5. The van der Waals surface area contributed by atoms with Crippen molar-refractivity contribution in [1.29, 1.82) is 0 Å². The molecule has 0 radical (unpaired) electrons. The maximum atomic E-state index is 15.0. The highest BCUT2D eigenvalue weighted by atomic mass is 19.1. The standard InChI is InChI=1S/C31H35F/c1-3-5-27-17-21-30-29(22-27)20-19-28(31(30)32)18-16-26-14-12-25(13-15-26)11-10-24-8-6-23(4-2)7-9-24/h12-15,17,19-24H,3-11H2,1-2H3. The van der Waals surface area contributed by atoms with Gasteiger partial charge in [0.05, 0.1) is 5.56 Å². The van der Waals surface area contributed by atoms with Crippen molar-refractivity contribution in [2.24, 2.45) is 11.8 Å². The normalized spacial score (nSPS) is 18.3. The van der Waals surface area contributed by atoms with Crippen LogP contribution in [0.3, 0.4) is 0 Å². The highest BCUT2D eigenvalue weighted by molar-refractivity contribution is 5.85. The summed E-state index contributed by atoms with van der Waals surface area (Å²) in [4.78, 5) is 0. The predicted molar refractivity (Wildman–Crippen MR) is 134 cm³/mol. The maximum Gasteiger partial charge on any atom is 0.146 e. The summed E-state index contributed by atoms with van der Waals surface area (Å²) in [5, 5.41) is 1.60. The Balaban J connectivity index is 1.39. The molecule has 1 aliphatic carbocycles. The molecule has 0 nitrogen and oxygen atoms in total. The van der Waals surface area contributed by atoms with Crippen LogP contribution in [0.15, 0.2) is 54.6 Å². The lowest BCUT2D eigenvalue weighted by atomic mass is 9.78. The van der Waals surface area contributed by atoms with Crippen molar-refractivity contribution in [3.05, 3.63) is 82.7 Å². The minimum Gasteiger partial charge on any atom is -0.205 e. The van der Waals surface area contributed by atoms with Gasteiger partial charge >= 0.3 is 0 Å². The summed E-state index contributed by atoms with van der Waals surface area (Å²) in [6, 6.07) is 18.3. The fourth-order valence-electron chi connectivity index (χ4n) is 5.08. The molecule has 0 bridgehead atoms. The molecule has 3 aromatic carbocycles. The highest BCUT2D eigenvalue weighted by Gasteiger charge is 2.19. The van der Waals surface area contributed by atoms with Crippen molar-refractivity contribution < 1.29 is 4.39 Å². The van der Waals surface area contributed by atoms with E-state index in [1.807, 2.05) is 24.3 Å². The van der Waals surface area contributed by atoms with E-state index in [4.69, 9.17) is 0 Å². The Morgan fingerprint density at radius 3 is 2.22 bits per heavy atom. The zero-order valence-corrected chi connectivity index (χ0v) is 19.6. The summed E-state index contributed by atoms with van der Waals surface area (Å²) in [5.41, 5.74) is 4.04. The lowest BCUT2D eigenvalue weighted by molar-refractivity contribution is 0.259. The molecule has 1 saturated carbocycles. The van der Waals surface area contributed by atoms with Gasteiger partial charge in [0.25, 0.3) is 0 Å². The second kappa shape index (κ2) is 10.8. The molecule has 0 aromatic heterocycles. The summed E-state index contributed by atoms with van der Waals surface area (Å²) in [6.07, 6.45) is 11.5. The quantitative estimate of drug-likeness (QED) is 0.347. The van der Waals surface area contributed by atoms with Crippen LogP contribution in [0.2, 0.25) is 0 Å². The fraction of sp³-hybridized carbons (Fsp3) is 0.419. The van der Waals surface area contributed by atoms with Gasteiger partial charge in [0.2, 0.25) is 0 Å². The van der Waals surface area contributed by atoms with Gasteiger partial charge in [0.15, 0.2) is 0 Å². The number of hydrogen-bond donors (Lipinski definition) is 0. The Kier molecular flexibility index (Phi) is 7.64. The van der Waals surface area contributed by atoms with Gasteiger partial charge in [-0.25, -0.2) is 4.39 Å². The minimum absolute atomic E-state index is 0.215. The largest absolute Gasteiger partial charge is 0.205 e. The molecule has 166 valence electrons. The van der Waals surface area contributed by atoms with E-state index in [0.717, 1.165) is 42.0 Å². The second-order valence-corrected chi connectivity index (χ2v) is 9.51.